The molecule has 26 heavy (non-hydrogen) atoms. The van der Waals surface area contributed by atoms with Crippen molar-refractivity contribution in [3.63, 3.8) is 0 Å². The van der Waals surface area contributed by atoms with Gasteiger partial charge >= 0.3 is 10.1 Å². The fraction of sp³-hybridized carbons (Fsp3) is 0.111. The molecule has 2 aromatic carbocycles. The Balaban J connectivity index is 1.98. The van der Waals surface area contributed by atoms with E-state index in [1.807, 2.05) is 31.2 Å². The lowest BCUT2D eigenvalue weighted by Gasteiger charge is -2.16. The molecule has 1 heterocycles. The van der Waals surface area contributed by atoms with Gasteiger partial charge in [-0.15, -0.1) is 0 Å². The topological polar surface area (TPSA) is 63.7 Å². The number of carbonyl (C=O) groups is 1. The molecular weight excluding hydrogens is 390 g/mol. The first-order chi connectivity index (χ1) is 12.3. The molecule has 1 amide bonds. The zero-order valence-corrected chi connectivity index (χ0v) is 16.5. The fourth-order valence-corrected chi connectivity index (χ4v) is 4.22. The molecule has 0 aliphatic carbocycles. The summed E-state index contributed by atoms with van der Waals surface area (Å²) in [5.74, 6) is -0.0837. The molecule has 0 aromatic heterocycles. The molecule has 0 N–H and O–H groups in total. The molecular formula is C18H15NO4S3. The summed E-state index contributed by atoms with van der Waals surface area (Å²) in [6.07, 6.45) is 2.57. The Morgan fingerprint density at radius 3 is 2.46 bits per heavy atom. The molecule has 3 rings (SSSR count). The average molecular weight is 406 g/mol. The van der Waals surface area contributed by atoms with Crippen LogP contribution in [0.15, 0.2) is 53.4 Å². The minimum absolute atomic E-state index is 0.163. The number of benzene rings is 2. The van der Waals surface area contributed by atoms with E-state index in [1.165, 1.54) is 22.7 Å². The molecule has 1 saturated heterocycles. The summed E-state index contributed by atoms with van der Waals surface area (Å²) in [6.45, 7) is 1.91. The summed E-state index contributed by atoms with van der Waals surface area (Å²) in [5.41, 5.74) is 2.16. The Morgan fingerprint density at radius 2 is 1.77 bits per heavy atom. The first-order valence-corrected chi connectivity index (χ1v) is 10.6. The second kappa shape index (κ2) is 7.22. The molecule has 1 fully saturated rings. The van der Waals surface area contributed by atoms with Crippen LogP contribution >= 0.6 is 24.0 Å². The fourth-order valence-electron chi connectivity index (χ4n) is 2.47. The number of anilines is 1. The van der Waals surface area contributed by atoms with Crippen molar-refractivity contribution >= 4 is 56.1 Å². The standard InChI is InChI=1S/C18H15NO4S3/c1-12-7-3-5-9-14(12)19-17(20)16(25-18(19)24)11-13-8-4-6-10-15(13)23-26(2,21)22/h3-11H,1-2H3. The minimum Gasteiger partial charge on any atom is -0.382 e. The Morgan fingerprint density at radius 1 is 1.12 bits per heavy atom. The van der Waals surface area contributed by atoms with E-state index in [4.69, 9.17) is 16.4 Å². The number of thiocarbonyl (C=S) groups is 1. The van der Waals surface area contributed by atoms with E-state index >= 15 is 0 Å². The lowest BCUT2D eigenvalue weighted by Crippen LogP contribution is -2.28. The number of para-hydroxylation sites is 2. The monoisotopic (exact) mass is 405 g/mol. The van der Waals surface area contributed by atoms with Crippen LogP contribution in [0.4, 0.5) is 5.69 Å². The van der Waals surface area contributed by atoms with E-state index in [2.05, 4.69) is 0 Å². The first kappa shape index (κ1) is 18.6. The Bertz CT molecular complexity index is 1030. The SMILES string of the molecule is Cc1ccccc1N1C(=O)C(=Cc2ccccc2OS(C)(=O)=O)SC1=S. The van der Waals surface area contributed by atoms with Crippen LogP contribution in [-0.4, -0.2) is 24.9 Å². The summed E-state index contributed by atoms with van der Waals surface area (Å²) in [5, 5.41) is 0. The van der Waals surface area contributed by atoms with Gasteiger partial charge in [-0.2, -0.15) is 8.42 Å². The van der Waals surface area contributed by atoms with Crippen LogP contribution in [0.1, 0.15) is 11.1 Å². The van der Waals surface area contributed by atoms with E-state index in [-0.39, 0.29) is 11.7 Å². The Hall–Kier alpha value is -2.16. The van der Waals surface area contributed by atoms with Gasteiger partial charge in [-0.25, -0.2) is 0 Å². The Kier molecular flexibility index (Phi) is 5.17. The quantitative estimate of drug-likeness (QED) is 0.439. The van der Waals surface area contributed by atoms with Crippen molar-refractivity contribution in [2.45, 2.75) is 6.92 Å². The Labute approximate surface area is 161 Å². The van der Waals surface area contributed by atoms with Crippen molar-refractivity contribution in [3.8, 4) is 5.75 Å². The molecule has 1 aliphatic rings. The maximum Gasteiger partial charge on any atom is 0.306 e. The van der Waals surface area contributed by atoms with Crippen LogP contribution in [0, 0.1) is 6.92 Å². The van der Waals surface area contributed by atoms with E-state index in [0.29, 0.717) is 14.8 Å². The molecule has 0 atom stereocenters. The zero-order chi connectivity index (χ0) is 18.9. The normalized spacial score (nSPS) is 16.4. The molecule has 0 radical (unpaired) electrons. The third-order valence-corrected chi connectivity index (χ3v) is 5.38. The summed E-state index contributed by atoms with van der Waals surface area (Å²) >= 11 is 6.54. The van der Waals surface area contributed by atoms with Crippen molar-refractivity contribution in [1.29, 1.82) is 0 Å². The van der Waals surface area contributed by atoms with Crippen molar-refractivity contribution < 1.29 is 17.4 Å². The third kappa shape index (κ3) is 3.98. The van der Waals surface area contributed by atoms with Gasteiger partial charge in [0.1, 0.15) is 5.75 Å². The van der Waals surface area contributed by atoms with Crippen LogP contribution in [0.3, 0.4) is 0 Å². The van der Waals surface area contributed by atoms with Gasteiger partial charge in [-0.1, -0.05) is 60.4 Å². The van der Waals surface area contributed by atoms with Gasteiger partial charge in [0, 0.05) is 5.56 Å². The largest absolute Gasteiger partial charge is 0.382 e. The molecule has 5 nitrogen and oxygen atoms in total. The van der Waals surface area contributed by atoms with Crippen molar-refractivity contribution in [2.24, 2.45) is 0 Å². The van der Waals surface area contributed by atoms with Crippen LogP contribution in [0.25, 0.3) is 6.08 Å². The predicted octanol–water partition coefficient (Wildman–Crippen LogP) is 3.74. The number of amides is 1. The van der Waals surface area contributed by atoms with Gasteiger partial charge in [-0.05, 0) is 30.7 Å². The third-order valence-electron chi connectivity index (χ3n) is 3.60. The van der Waals surface area contributed by atoms with E-state index < -0.39 is 10.1 Å². The highest BCUT2D eigenvalue weighted by molar-refractivity contribution is 8.27. The van der Waals surface area contributed by atoms with Gasteiger partial charge in [0.15, 0.2) is 4.32 Å². The lowest BCUT2D eigenvalue weighted by molar-refractivity contribution is -0.113. The molecule has 1 aliphatic heterocycles. The number of hydrogen-bond donors (Lipinski definition) is 0. The minimum atomic E-state index is -3.67. The summed E-state index contributed by atoms with van der Waals surface area (Å²) in [7, 11) is -3.67. The molecule has 0 spiro atoms. The van der Waals surface area contributed by atoms with Gasteiger partial charge in [0.2, 0.25) is 0 Å². The van der Waals surface area contributed by atoms with E-state index in [9.17, 15) is 13.2 Å². The first-order valence-electron chi connectivity index (χ1n) is 7.58. The summed E-state index contributed by atoms with van der Waals surface area (Å²) < 4.78 is 28.3. The molecule has 0 bridgehead atoms. The number of hydrogen-bond acceptors (Lipinski definition) is 6. The number of nitrogens with zero attached hydrogens (tertiary/aromatic N) is 1. The number of aryl methyl sites for hydroxylation is 1. The maximum atomic E-state index is 12.9. The lowest BCUT2D eigenvalue weighted by atomic mass is 10.1. The highest BCUT2D eigenvalue weighted by Crippen LogP contribution is 2.38. The van der Waals surface area contributed by atoms with Gasteiger partial charge in [0.25, 0.3) is 5.91 Å². The number of thioether (sulfide) groups is 1. The van der Waals surface area contributed by atoms with E-state index in [0.717, 1.165) is 17.5 Å². The number of carbonyl (C=O) groups excluding carboxylic acids is 1. The van der Waals surface area contributed by atoms with Crippen molar-refractivity contribution in [2.75, 3.05) is 11.2 Å². The number of rotatable bonds is 4. The maximum absolute atomic E-state index is 12.9. The highest BCUT2D eigenvalue weighted by atomic mass is 32.2. The van der Waals surface area contributed by atoms with E-state index in [1.54, 1.807) is 24.3 Å². The molecule has 8 heteroatoms. The second-order valence-corrected chi connectivity index (χ2v) is 8.88. The van der Waals surface area contributed by atoms with Crippen molar-refractivity contribution in [3.05, 3.63) is 64.6 Å². The van der Waals surface area contributed by atoms with Crippen LogP contribution in [-0.2, 0) is 14.9 Å². The summed E-state index contributed by atoms with van der Waals surface area (Å²) in [6, 6.07) is 14.1. The average Bonchev–Trinajstić information content (AvgIpc) is 2.83. The van der Waals surface area contributed by atoms with Crippen molar-refractivity contribution in [1.82, 2.24) is 0 Å². The smallest absolute Gasteiger partial charge is 0.306 e. The highest BCUT2D eigenvalue weighted by Gasteiger charge is 2.34. The molecule has 0 saturated carbocycles. The second-order valence-electron chi connectivity index (χ2n) is 5.63. The van der Waals surface area contributed by atoms with Gasteiger partial charge < -0.3 is 4.18 Å². The van der Waals surface area contributed by atoms with Gasteiger partial charge in [0.05, 0.1) is 16.8 Å². The zero-order valence-electron chi connectivity index (χ0n) is 14.0. The molecule has 0 unspecified atom stereocenters. The van der Waals surface area contributed by atoms with Crippen LogP contribution in [0.2, 0.25) is 0 Å². The molecule has 2 aromatic rings. The molecule has 134 valence electrons. The van der Waals surface area contributed by atoms with Gasteiger partial charge in [-0.3, -0.25) is 9.69 Å². The summed E-state index contributed by atoms with van der Waals surface area (Å²) in [4.78, 5) is 14.8. The van der Waals surface area contributed by atoms with Crippen LogP contribution < -0.4 is 9.08 Å². The van der Waals surface area contributed by atoms with Crippen LogP contribution in [0.5, 0.6) is 5.75 Å². The predicted molar refractivity (Wildman–Crippen MR) is 109 cm³/mol.